The number of sulfonamides is 1. The number of hydrogen-bond donors (Lipinski definition) is 3. The minimum absolute atomic E-state index is 0.00485. The molecule has 100 valence electrons. The highest BCUT2D eigenvalue weighted by atomic mass is 32.2. The Hall–Kier alpha value is -1.60. The molecule has 0 aliphatic heterocycles. The molecule has 0 radical (unpaired) electrons. The van der Waals surface area contributed by atoms with Gasteiger partial charge in [0, 0.05) is 24.8 Å². The molecule has 0 aliphatic carbocycles. The van der Waals surface area contributed by atoms with E-state index in [0.29, 0.717) is 5.56 Å². The van der Waals surface area contributed by atoms with Crippen molar-refractivity contribution in [1.29, 1.82) is 0 Å². The smallest absolute Gasteiger partial charge is 0.251 e. The molecule has 0 saturated carbocycles. The Morgan fingerprint density at radius 1 is 1.39 bits per heavy atom. The molecule has 6 nitrogen and oxygen atoms in total. The highest BCUT2D eigenvalue weighted by Crippen LogP contribution is 2.14. The van der Waals surface area contributed by atoms with E-state index in [2.05, 4.69) is 10.6 Å². The van der Waals surface area contributed by atoms with Gasteiger partial charge in [-0.2, -0.15) is 0 Å². The maximum absolute atomic E-state index is 11.8. The van der Waals surface area contributed by atoms with Gasteiger partial charge in [0.2, 0.25) is 10.0 Å². The lowest BCUT2D eigenvalue weighted by Crippen LogP contribution is -2.31. The van der Waals surface area contributed by atoms with Gasteiger partial charge in [-0.25, -0.2) is 13.6 Å². The quantitative estimate of drug-likeness (QED) is 0.704. The van der Waals surface area contributed by atoms with Crippen molar-refractivity contribution in [3.63, 3.8) is 0 Å². The van der Waals surface area contributed by atoms with E-state index in [1.807, 2.05) is 13.0 Å². The van der Waals surface area contributed by atoms with E-state index in [0.717, 1.165) is 11.3 Å². The molecule has 7 heteroatoms. The summed E-state index contributed by atoms with van der Waals surface area (Å²) in [5.74, 6) is -0.578. The first-order valence-electron chi connectivity index (χ1n) is 5.40. The van der Waals surface area contributed by atoms with Gasteiger partial charge in [-0.15, -0.1) is 0 Å². The van der Waals surface area contributed by atoms with E-state index in [-0.39, 0.29) is 18.2 Å². The average Bonchev–Trinajstić information content (AvgIpc) is 2.26. The predicted octanol–water partition coefficient (Wildman–Crippen LogP) is 0.0550. The molecule has 0 unspecified atom stereocenters. The first-order chi connectivity index (χ1) is 8.33. The van der Waals surface area contributed by atoms with Gasteiger partial charge >= 0.3 is 0 Å². The highest BCUT2D eigenvalue weighted by molar-refractivity contribution is 7.89. The molecule has 1 amide bonds. The van der Waals surface area contributed by atoms with Crippen molar-refractivity contribution in [1.82, 2.24) is 5.32 Å². The molecule has 18 heavy (non-hydrogen) atoms. The molecule has 1 aromatic carbocycles. The van der Waals surface area contributed by atoms with E-state index in [1.165, 1.54) is 0 Å². The summed E-state index contributed by atoms with van der Waals surface area (Å²) in [5, 5.41) is 10.3. The zero-order valence-electron chi connectivity index (χ0n) is 10.4. The Kier molecular flexibility index (Phi) is 4.69. The highest BCUT2D eigenvalue weighted by Gasteiger charge is 2.10. The number of hydrogen-bond acceptors (Lipinski definition) is 4. The second kappa shape index (κ2) is 5.83. The lowest BCUT2D eigenvalue weighted by atomic mass is 10.1. The molecule has 0 bridgehead atoms. The fourth-order valence-electron chi connectivity index (χ4n) is 1.48. The van der Waals surface area contributed by atoms with Crippen molar-refractivity contribution in [2.45, 2.75) is 6.92 Å². The van der Waals surface area contributed by atoms with Gasteiger partial charge in [-0.05, 0) is 30.7 Å². The van der Waals surface area contributed by atoms with Crippen LogP contribution in [-0.4, -0.2) is 33.7 Å². The van der Waals surface area contributed by atoms with Crippen molar-refractivity contribution in [3.8, 4) is 0 Å². The van der Waals surface area contributed by atoms with Crippen LogP contribution in [0.2, 0.25) is 0 Å². The van der Waals surface area contributed by atoms with Crippen LogP contribution in [0.5, 0.6) is 0 Å². The Labute approximate surface area is 107 Å². The van der Waals surface area contributed by atoms with Crippen molar-refractivity contribution >= 4 is 21.6 Å². The van der Waals surface area contributed by atoms with Crippen LogP contribution in [0.25, 0.3) is 0 Å². The number of anilines is 1. The van der Waals surface area contributed by atoms with Crippen LogP contribution in [0.15, 0.2) is 18.2 Å². The zero-order valence-corrected chi connectivity index (χ0v) is 11.2. The van der Waals surface area contributed by atoms with Crippen molar-refractivity contribution in [2.24, 2.45) is 5.14 Å². The molecular formula is C11H17N3O3S. The summed E-state index contributed by atoms with van der Waals surface area (Å²) in [7, 11) is -1.76. The zero-order chi connectivity index (χ0) is 13.8. The molecule has 0 fully saturated rings. The van der Waals surface area contributed by atoms with Crippen LogP contribution < -0.4 is 15.8 Å². The van der Waals surface area contributed by atoms with Crippen LogP contribution in [0.1, 0.15) is 15.9 Å². The number of primary sulfonamides is 1. The normalized spacial score (nSPS) is 11.1. The van der Waals surface area contributed by atoms with Gasteiger partial charge in [-0.3, -0.25) is 4.79 Å². The van der Waals surface area contributed by atoms with Gasteiger partial charge in [0.25, 0.3) is 5.91 Å². The molecule has 0 atom stereocenters. The van der Waals surface area contributed by atoms with E-state index in [1.54, 1.807) is 19.2 Å². The Balaban J connectivity index is 2.67. The average molecular weight is 271 g/mol. The number of nitrogens with one attached hydrogen (secondary N) is 2. The summed E-state index contributed by atoms with van der Waals surface area (Å²) in [4.78, 5) is 11.8. The number of amides is 1. The SMILES string of the molecule is CNc1ccc(C(=O)NCCS(N)(=O)=O)c(C)c1. The maximum atomic E-state index is 11.8. The number of carbonyl (C=O) groups excluding carboxylic acids is 1. The Morgan fingerprint density at radius 3 is 2.56 bits per heavy atom. The number of carbonyl (C=O) groups is 1. The van der Waals surface area contributed by atoms with Crippen molar-refractivity contribution in [2.75, 3.05) is 24.7 Å². The third kappa shape index (κ3) is 4.34. The Bertz CT molecular complexity index is 540. The fraction of sp³-hybridized carbons (Fsp3) is 0.364. The number of benzene rings is 1. The minimum Gasteiger partial charge on any atom is -0.388 e. The largest absolute Gasteiger partial charge is 0.388 e. The third-order valence-electron chi connectivity index (χ3n) is 2.43. The summed E-state index contributed by atoms with van der Waals surface area (Å²) in [6.45, 7) is 1.82. The summed E-state index contributed by atoms with van der Waals surface area (Å²) in [5.41, 5.74) is 2.24. The molecule has 0 heterocycles. The predicted molar refractivity (Wildman–Crippen MR) is 71.0 cm³/mol. The van der Waals surface area contributed by atoms with E-state index in [4.69, 9.17) is 5.14 Å². The van der Waals surface area contributed by atoms with Crippen molar-refractivity contribution in [3.05, 3.63) is 29.3 Å². The van der Waals surface area contributed by atoms with E-state index in [9.17, 15) is 13.2 Å². The number of nitrogens with two attached hydrogens (primary N) is 1. The third-order valence-corrected chi connectivity index (χ3v) is 3.21. The second-order valence-electron chi connectivity index (χ2n) is 3.90. The van der Waals surface area contributed by atoms with E-state index < -0.39 is 10.0 Å². The summed E-state index contributed by atoms with van der Waals surface area (Å²) in [6.07, 6.45) is 0. The summed E-state index contributed by atoms with van der Waals surface area (Å²) < 4.78 is 21.4. The number of aryl methyl sites for hydroxylation is 1. The molecule has 0 aliphatic rings. The van der Waals surface area contributed by atoms with Crippen LogP contribution >= 0.6 is 0 Å². The standard InChI is InChI=1S/C11H17N3O3S/c1-8-7-9(13-2)3-4-10(8)11(15)14-5-6-18(12,16)17/h3-4,7,13H,5-6H2,1-2H3,(H,14,15)(H2,12,16,17). The molecular weight excluding hydrogens is 254 g/mol. The van der Waals surface area contributed by atoms with Crippen LogP contribution in [0.3, 0.4) is 0 Å². The van der Waals surface area contributed by atoms with E-state index >= 15 is 0 Å². The first-order valence-corrected chi connectivity index (χ1v) is 7.12. The first kappa shape index (κ1) is 14.5. The van der Waals surface area contributed by atoms with Gasteiger partial charge < -0.3 is 10.6 Å². The molecule has 0 saturated heterocycles. The van der Waals surface area contributed by atoms with Gasteiger partial charge in [0.05, 0.1) is 5.75 Å². The topological polar surface area (TPSA) is 101 Å². The van der Waals surface area contributed by atoms with Gasteiger partial charge in [-0.1, -0.05) is 0 Å². The molecule has 0 spiro atoms. The van der Waals surface area contributed by atoms with Crippen LogP contribution in [0.4, 0.5) is 5.69 Å². The molecule has 1 rings (SSSR count). The molecule has 1 aromatic rings. The monoisotopic (exact) mass is 271 g/mol. The lowest BCUT2D eigenvalue weighted by Gasteiger charge is -2.09. The number of rotatable bonds is 5. The fourth-order valence-corrected chi connectivity index (χ4v) is 1.86. The lowest BCUT2D eigenvalue weighted by molar-refractivity contribution is 0.0955. The summed E-state index contributed by atoms with van der Waals surface area (Å²) >= 11 is 0. The Morgan fingerprint density at radius 2 is 2.06 bits per heavy atom. The van der Waals surface area contributed by atoms with Crippen LogP contribution in [-0.2, 0) is 10.0 Å². The van der Waals surface area contributed by atoms with Gasteiger partial charge in [0.15, 0.2) is 0 Å². The van der Waals surface area contributed by atoms with Gasteiger partial charge in [0.1, 0.15) is 0 Å². The molecule has 0 aromatic heterocycles. The minimum atomic E-state index is -3.55. The maximum Gasteiger partial charge on any atom is 0.251 e. The summed E-state index contributed by atoms with van der Waals surface area (Å²) in [6, 6.07) is 5.31. The van der Waals surface area contributed by atoms with Crippen molar-refractivity contribution < 1.29 is 13.2 Å². The second-order valence-corrected chi connectivity index (χ2v) is 5.64. The van der Waals surface area contributed by atoms with Crippen LogP contribution in [0, 0.1) is 6.92 Å². The molecule has 4 N–H and O–H groups in total.